The number of thioether (sulfide) groups is 1. The van der Waals surface area contributed by atoms with Gasteiger partial charge in [-0.2, -0.15) is 0 Å². The number of halogens is 1. The highest BCUT2D eigenvalue weighted by Gasteiger charge is 2.22. The van der Waals surface area contributed by atoms with Gasteiger partial charge in [-0.1, -0.05) is 59.6 Å². The third-order valence-electron chi connectivity index (χ3n) is 4.37. The molecule has 1 heterocycles. The Labute approximate surface area is 154 Å². The lowest BCUT2D eigenvalue weighted by atomic mass is 9.86. The average Bonchev–Trinajstić information content (AvgIpc) is 3.05. The van der Waals surface area contributed by atoms with Crippen LogP contribution in [-0.4, -0.2) is 32.9 Å². The molecule has 0 spiro atoms. The molecule has 1 aliphatic carbocycles. The number of nitrogens with zero attached hydrogens (tertiary/aromatic N) is 2. The first-order valence-electron chi connectivity index (χ1n) is 8.22. The molecule has 7 heteroatoms. The third-order valence-corrected chi connectivity index (χ3v) is 5.75. The van der Waals surface area contributed by atoms with Gasteiger partial charge in [0.05, 0.1) is 5.75 Å². The fourth-order valence-corrected chi connectivity index (χ4v) is 3.83. The largest absolute Gasteiger partial charge is 0.352 e. The summed E-state index contributed by atoms with van der Waals surface area (Å²) in [5.74, 6) is 1.70. The smallest absolute Gasteiger partial charge is 0.230 e. The highest BCUT2D eigenvalue weighted by Crippen LogP contribution is 2.24. The van der Waals surface area contributed by atoms with E-state index in [2.05, 4.69) is 43.4 Å². The Kier molecular flexibility index (Phi) is 5.94. The van der Waals surface area contributed by atoms with Crippen LogP contribution in [0, 0.1) is 5.92 Å². The molecule has 3 rings (SSSR count). The highest BCUT2D eigenvalue weighted by atomic mass is 79.9. The summed E-state index contributed by atoms with van der Waals surface area (Å²) in [7, 11) is 0. The van der Waals surface area contributed by atoms with Crippen molar-refractivity contribution in [3.05, 3.63) is 28.7 Å². The zero-order valence-electron chi connectivity index (χ0n) is 13.6. The Morgan fingerprint density at radius 2 is 2.08 bits per heavy atom. The lowest BCUT2D eigenvalue weighted by molar-refractivity contribution is -0.119. The second kappa shape index (κ2) is 8.16. The summed E-state index contributed by atoms with van der Waals surface area (Å²) in [5.41, 5.74) is 0.970. The van der Waals surface area contributed by atoms with E-state index in [0.717, 1.165) is 16.5 Å². The maximum absolute atomic E-state index is 12.1. The Bertz CT molecular complexity index is 688. The number of nitrogens with one attached hydrogen (secondary N) is 2. The summed E-state index contributed by atoms with van der Waals surface area (Å²) in [6, 6.07) is 8.18. The zero-order valence-corrected chi connectivity index (χ0v) is 16.0. The van der Waals surface area contributed by atoms with Gasteiger partial charge in [0.1, 0.15) is 0 Å². The topological polar surface area (TPSA) is 70.7 Å². The van der Waals surface area contributed by atoms with Crippen molar-refractivity contribution in [3.8, 4) is 11.4 Å². The summed E-state index contributed by atoms with van der Waals surface area (Å²) in [5, 5.41) is 10.9. The van der Waals surface area contributed by atoms with Gasteiger partial charge in [0.2, 0.25) is 11.1 Å². The quantitative estimate of drug-likeness (QED) is 0.732. The minimum absolute atomic E-state index is 0.0636. The summed E-state index contributed by atoms with van der Waals surface area (Å²) in [6.07, 6.45) is 4.78. The normalized spacial score (nSPS) is 20.8. The Hall–Kier alpha value is -1.34. The predicted octanol–water partition coefficient (Wildman–Crippen LogP) is 4.02. The minimum atomic E-state index is 0.0636. The van der Waals surface area contributed by atoms with Crippen LogP contribution >= 0.6 is 27.7 Å². The van der Waals surface area contributed by atoms with Crippen LogP contribution in [0.25, 0.3) is 11.4 Å². The standard InChI is InChI=1S/C17H21BrN4OS/c1-11-4-2-3-5-14(11)19-15(23)10-24-17-20-16(21-22-17)12-6-8-13(18)9-7-12/h6-9,11,14H,2-5,10H2,1H3,(H,19,23)(H,20,21,22)/t11-,14+/m0/s1. The van der Waals surface area contributed by atoms with Crippen LogP contribution in [0.15, 0.2) is 33.9 Å². The zero-order chi connectivity index (χ0) is 16.9. The number of amides is 1. The fraction of sp³-hybridized carbons (Fsp3) is 0.471. The van der Waals surface area contributed by atoms with Crippen LogP contribution < -0.4 is 5.32 Å². The summed E-state index contributed by atoms with van der Waals surface area (Å²) in [4.78, 5) is 16.6. The van der Waals surface area contributed by atoms with Crippen molar-refractivity contribution in [3.63, 3.8) is 0 Å². The molecule has 2 aromatic rings. The van der Waals surface area contributed by atoms with Crippen LogP contribution in [0.2, 0.25) is 0 Å². The van der Waals surface area contributed by atoms with Crippen LogP contribution in [0.5, 0.6) is 0 Å². The maximum Gasteiger partial charge on any atom is 0.230 e. The number of carbonyl (C=O) groups is 1. The molecule has 1 saturated carbocycles. The molecule has 0 aliphatic heterocycles. The van der Waals surface area contributed by atoms with Gasteiger partial charge in [0.25, 0.3) is 0 Å². The summed E-state index contributed by atoms with van der Waals surface area (Å²) < 4.78 is 1.02. The van der Waals surface area contributed by atoms with E-state index in [1.54, 1.807) is 0 Å². The van der Waals surface area contributed by atoms with Gasteiger partial charge in [0.15, 0.2) is 5.82 Å². The molecule has 1 fully saturated rings. The van der Waals surface area contributed by atoms with Crippen molar-refractivity contribution in [2.45, 2.75) is 43.8 Å². The molecular weight excluding hydrogens is 388 g/mol. The van der Waals surface area contributed by atoms with Gasteiger partial charge in [-0.25, -0.2) is 4.98 Å². The van der Waals surface area contributed by atoms with Gasteiger partial charge in [-0.05, 0) is 30.9 Å². The number of aromatic amines is 1. The molecule has 128 valence electrons. The van der Waals surface area contributed by atoms with Crippen LogP contribution in [0.3, 0.4) is 0 Å². The van der Waals surface area contributed by atoms with Crippen molar-refractivity contribution in [1.29, 1.82) is 0 Å². The Morgan fingerprint density at radius 3 is 2.83 bits per heavy atom. The SMILES string of the molecule is C[C@H]1CCCC[C@H]1NC(=O)CSc1n[nH]c(-c2ccc(Br)cc2)n1. The van der Waals surface area contributed by atoms with Crippen molar-refractivity contribution in [2.75, 3.05) is 5.75 Å². The van der Waals surface area contributed by atoms with E-state index < -0.39 is 0 Å². The third kappa shape index (κ3) is 4.60. The monoisotopic (exact) mass is 408 g/mol. The fourth-order valence-electron chi connectivity index (χ4n) is 2.96. The molecule has 1 aliphatic rings. The molecule has 5 nitrogen and oxygen atoms in total. The molecule has 2 N–H and O–H groups in total. The lowest BCUT2D eigenvalue weighted by Crippen LogP contribution is -2.41. The highest BCUT2D eigenvalue weighted by molar-refractivity contribution is 9.10. The van der Waals surface area contributed by atoms with E-state index >= 15 is 0 Å². The number of carbonyl (C=O) groups excluding carboxylic acids is 1. The molecule has 0 saturated heterocycles. The lowest BCUT2D eigenvalue weighted by Gasteiger charge is -2.29. The first-order valence-corrected chi connectivity index (χ1v) is 10.00. The van der Waals surface area contributed by atoms with E-state index in [1.807, 2.05) is 24.3 Å². The molecule has 2 atom stereocenters. The van der Waals surface area contributed by atoms with Gasteiger partial charge in [0, 0.05) is 16.1 Å². The molecule has 24 heavy (non-hydrogen) atoms. The van der Waals surface area contributed by atoms with Crippen molar-refractivity contribution in [2.24, 2.45) is 5.92 Å². The predicted molar refractivity (Wildman–Crippen MR) is 99.8 cm³/mol. The number of aromatic nitrogens is 3. The van der Waals surface area contributed by atoms with E-state index in [-0.39, 0.29) is 5.91 Å². The Morgan fingerprint density at radius 1 is 1.33 bits per heavy atom. The van der Waals surface area contributed by atoms with Crippen molar-refractivity contribution < 1.29 is 4.79 Å². The van der Waals surface area contributed by atoms with Gasteiger partial charge < -0.3 is 5.32 Å². The van der Waals surface area contributed by atoms with Crippen LogP contribution in [0.4, 0.5) is 0 Å². The van der Waals surface area contributed by atoms with E-state index in [4.69, 9.17) is 0 Å². The number of H-pyrrole nitrogens is 1. The summed E-state index contributed by atoms with van der Waals surface area (Å²) in [6.45, 7) is 2.22. The van der Waals surface area contributed by atoms with E-state index in [0.29, 0.717) is 28.7 Å². The van der Waals surface area contributed by atoms with Crippen molar-refractivity contribution >= 4 is 33.6 Å². The van der Waals surface area contributed by atoms with Gasteiger partial charge >= 0.3 is 0 Å². The molecule has 0 radical (unpaired) electrons. The van der Waals surface area contributed by atoms with Crippen molar-refractivity contribution in [1.82, 2.24) is 20.5 Å². The minimum Gasteiger partial charge on any atom is -0.352 e. The second-order valence-corrected chi connectivity index (χ2v) is 8.06. The first-order chi connectivity index (χ1) is 11.6. The molecule has 0 unspecified atom stereocenters. The Balaban J connectivity index is 1.51. The number of benzene rings is 1. The molecule has 1 amide bonds. The van der Waals surface area contributed by atoms with E-state index in [1.165, 1.54) is 31.0 Å². The van der Waals surface area contributed by atoms with Crippen LogP contribution in [-0.2, 0) is 4.79 Å². The maximum atomic E-state index is 12.1. The van der Waals surface area contributed by atoms with Crippen LogP contribution in [0.1, 0.15) is 32.6 Å². The van der Waals surface area contributed by atoms with Gasteiger partial charge in [-0.15, -0.1) is 5.10 Å². The number of hydrogen-bond donors (Lipinski definition) is 2. The molecule has 0 bridgehead atoms. The number of rotatable bonds is 5. The van der Waals surface area contributed by atoms with E-state index in [9.17, 15) is 4.79 Å². The molecular formula is C17H21BrN4OS. The summed E-state index contributed by atoms with van der Waals surface area (Å²) >= 11 is 4.78. The first kappa shape index (κ1) is 17.5. The van der Waals surface area contributed by atoms with Gasteiger partial charge in [-0.3, -0.25) is 9.89 Å². The molecule has 1 aromatic heterocycles. The number of hydrogen-bond acceptors (Lipinski definition) is 4. The molecule has 1 aromatic carbocycles. The average molecular weight is 409 g/mol. The second-order valence-electron chi connectivity index (χ2n) is 6.20.